The Kier molecular flexibility index (Phi) is 4.02. The first kappa shape index (κ1) is 16.1. The minimum atomic E-state index is -3.46. The lowest BCUT2D eigenvalue weighted by atomic mass is 10.2. The number of hydrogen-bond acceptors (Lipinski definition) is 6. The molecule has 1 aromatic carbocycles. The lowest BCUT2D eigenvalue weighted by Gasteiger charge is -2.09. The fourth-order valence-electron chi connectivity index (χ4n) is 2.02. The molecule has 1 heterocycles. The van der Waals surface area contributed by atoms with Crippen molar-refractivity contribution in [3.8, 4) is 11.5 Å². The molecule has 1 amide bonds. The molecule has 0 saturated heterocycles. The Balaban J connectivity index is 1.75. The monoisotopic (exact) mass is 349 g/mol. The number of rotatable bonds is 5. The van der Waals surface area contributed by atoms with Gasteiger partial charge in [-0.25, -0.2) is 13.4 Å². The highest BCUT2D eigenvalue weighted by molar-refractivity contribution is 7.93. The van der Waals surface area contributed by atoms with Crippen molar-refractivity contribution >= 4 is 27.4 Å². The number of aromatic nitrogens is 1. The van der Waals surface area contributed by atoms with E-state index >= 15 is 0 Å². The van der Waals surface area contributed by atoms with Gasteiger partial charge in [-0.3, -0.25) is 9.52 Å². The zero-order chi connectivity index (χ0) is 17.3. The normalized spacial score (nSPS) is 14.2. The second kappa shape index (κ2) is 6.00. The molecule has 0 aliphatic heterocycles. The highest BCUT2D eigenvalue weighted by Crippen LogP contribution is 2.29. The maximum absolute atomic E-state index is 12.2. The van der Waals surface area contributed by atoms with Gasteiger partial charge >= 0.3 is 0 Å². The SMILES string of the molecule is O=C(Nc1ccc(O)c(O)c1)c1cccc(NS(=O)(=O)C2CC2)n1. The van der Waals surface area contributed by atoms with Crippen LogP contribution in [0.1, 0.15) is 23.3 Å². The number of phenolic OH excluding ortho intramolecular Hbond substituents is 2. The minimum Gasteiger partial charge on any atom is -0.504 e. The summed E-state index contributed by atoms with van der Waals surface area (Å²) in [6, 6.07) is 8.24. The molecule has 126 valence electrons. The third kappa shape index (κ3) is 3.57. The van der Waals surface area contributed by atoms with Crippen LogP contribution >= 0.6 is 0 Å². The predicted molar refractivity (Wildman–Crippen MR) is 87.5 cm³/mol. The number of nitrogens with one attached hydrogen (secondary N) is 2. The maximum Gasteiger partial charge on any atom is 0.274 e. The Bertz CT molecular complexity index is 894. The summed E-state index contributed by atoms with van der Waals surface area (Å²) in [5.74, 6) is -1.18. The van der Waals surface area contributed by atoms with Crippen molar-refractivity contribution in [2.45, 2.75) is 18.1 Å². The molecule has 3 rings (SSSR count). The van der Waals surface area contributed by atoms with Crippen LogP contribution in [0.2, 0.25) is 0 Å². The summed E-state index contributed by atoms with van der Waals surface area (Å²) in [6.07, 6.45) is 1.25. The summed E-state index contributed by atoms with van der Waals surface area (Å²) < 4.78 is 26.2. The van der Waals surface area contributed by atoms with Crippen LogP contribution in [0, 0.1) is 0 Å². The van der Waals surface area contributed by atoms with E-state index < -0.39 is 21.2 Å². The molecule has 24 heavy (non-hydrogen) atoms. The molecular formula is C15H15N3O5S. The molecule has 1 aliphatic rings. The molecule has 2 aromatic rings. The van der Waals surface area contributed by atoms with Crippen LogP contribution in [0.15, 0.2) is 36.4 Å². The van der Waals surface area contributed by atoms with E-state index in [1.165, 1.54) is 36.4 Å². The smallest absolute Gasteiger partial charge is 0.274 e. The number of pyridine rings is 1. The molecule has 9 heteroatoms. The quantitative estimate of drug-likeness (QED) is 0.480. The number of hydrogen-bond donors (Lipinski definition) is 4. The number of anilines is 2. The second-order valence-corrected chi connectivity index (χ2v) is 7.37. The van der Waals surface area contributed by atoms with Gasteiger partial charge in [0.15, 0.2) is 11.5 Å². The van der Waals surface area contributed by atoms with Crippen molar-refractivity contribution in [3.63, 3.8) is 0 Å². The van der Waals surface area contributed by atoms with E-state index in [9.17, 15) is 23.4 Å². The lowest BCUT2D eigenvalue weighted by molar-refractivity contribution is 0.102. The number of sulfonamides is 1. The molecule has 0 atom stereocenters. The zero-order valence-electron chi connectivity index (χ0n) is 12.4. The molecule has 8 nitrogen and oxygen atoms in total. The topological polar surface area (TPSA) is 129 Å². The van der Waals surface area contributed by atoms with Crippen LogP contribution in [0.4, 0.5) is 11.5 Å². The molecule has 0 unspecified atom stereocenters. The first-order valence-corrected chi connectivity index (χ1v) is 8.72. The number of amides is 1. The summed E-state index contributed by atoms with van der Waals surface area (Å²) in [5.41, 5.74) is 0.277. The van der Waals surface area contributed by atoms with Crippen molar-refractivity contribution in [1.29, 1.82) is 0 Å². The largest absolute Gasteiger partial charge is 0.504 e. The van der Waals surface area contributed by atoms with E-state index in [4.69, 9.17) is 0 Å². The molecule has 1 aromatic heterocycles. The molecule has 0 spiro atoms. The van der Waals surface area contributed by atoms with Crippen LogP contribution in [-0.2, 0) is 10.0 Å². The van der Waals surface area contributed by atoms with Gasteiger partial charge in [-0.1, -0.05) is 6.07 Å². The molecule has 1 fully saturated rings. The minimum absolute atomic E-state index is 0.0126. The Hall–Kier alpha value is -2.81. The number of carbonyl (C=O) groups excluding carboxylic acids is 1. The first-order valence-electron chi connectivity index (χ1n) is 7.17. The average Bonchev–Trinajstić information content (AvgIpc) is 3.36. The van der Waals surface area contributed by atoms with Gasteiger partial charge in [-0.15, -0.1) is 0 Å². The van der Waals surface area contributed by atoms with Gasteiger partial charge in [-0.05, 0) is 37.1 Å². The maximum atomic E-state index is 12.2. The summed E-state index contributed by atoms with van der Waals surface area (Å²) in [6.45, 7) is 0. The number of aromatic hydroxyl groups is 2. The van der Waals surface area contributed by atoms with E-state index in [0.29, 0.717) is 12.8 Å². The molecule has 1 saturated carbocycles. The first-order chi connectivity index (χ1) is 11.3. The van der Waals surface area contributed by atoms with Crippen molar-refractivity contribution < 1.29 is 23.4 Å². The Morgan fingerprint density at radius 1 is 1.12 bits per heavy atom. The number of phenols is 2. The van der Waals surface area contributed by atoms with Crippen molar-refractivity contribution in [2.24, 2.45) is 0 Å². The summed E-state index contributed by atoms with van der Waals surface area (Å²) in [4.78, 5) is 16.2. The fraction of sp³-hybridized carbons (Fsp3) is 0.200. The van der Waals surface area contributed by atoms with Crippen LogP contribution < -0.4 is 10.0 Å². The third-order valence-electron chi connectivity index (χ3n) is 3.43. The molecule has 1 aliphatic carbocycles. The van der Waals surface area contributed by atoms with Crippen molar-refractivity contribution in [2.75, 3.05) is 10.0 Å². The summed E-state index contributed by atoms with van der Waals surface area (Å²) in [5, 5.41) is 20.8. The van der Waals surface area contributed by atoms with Crippen LogP contribution in [0.5, 0.6) is 11.5 Å². The van der Waals surface area contributed by atoms with Crippen LogP contribution in [-0.4, -0.2) is 34.8 Å². The van der Waals surface area contributed by atoms with Gasteiger partial charge in [0.25, 0.3) is 5.91 Å². The van der Waals surface area contributed by atoms with Crippen molar-refractivity contribution in [3.05, 3.63) is 42.1 Å². The highest BCUT2D eigenvalue weighted by atomic mass is 32.2. The Morgan fingerprint density at radius 2 is 1.88 bits per heavy atom. The molecule has 0 radical (unpaired) electrons. The van der Waals surface area contributed by atoms with Gasteiger partial charge in [0.2, 0.25) is 10.0 Å². The van der Waals surface area contributed by atoms with E-state index in [-0.39, 0.29) is 28.7 Å². The zero-order valence-corrected chi connectivity index (χ0v) is 13.2. The van der Waals surface area contributed by atoms with Crippen molar-refractivity contribution in [1.82, 2.24) is 4.98 Å². The predicted octanol–water partition coefficient (Wildman–Crippen LogP) is 1.65. The molecular weight excluding hydrogens is 334 g/mol. The van der Waals surface area contributed by atoms with Gasteiger partial charge in [0, 0.05) is 11.8 Å². The van der Waals surface area contributed by atoms with Gasteiger partial charge in [0.05, 0.1) is 5.25 Å². The second-order valence-electron chi connectivity index (χ2n) is 5.41. The van der Waals surface area contributed by atoms with Crippen LogP contribution in [0.3, 0.4) is 0 Å². The number of nitrogens with zero attached hydrogens (tertiary/aromatic N) is 1. The fourth-order valence-corrected chi connectivity index (χ4v) is 3.35. The highest BCUT2D eigenvalue weighted by Gasteiger charge is 2.36. The van der Waals surface area contributed by atoms with E-state index in [0.717, 1.165) is 0 Å². The Morgan fingerprint density at radius 3 is 2.54 bits per heavy atom. The van der Waals surface area contributed by atoms with E-state index in [1.54, 1.807) is 0 Å². The summed E-state index contributed by atoms with van der Waals surface area (Å²) >= 11 is 0. The van der Waals surface area contributed by atoms with Crippen LogP contribution in [0.25, 0.3) is 0 Å². The summed E-state index contributed by atoms with van der Waals surface area (Å²) in [7, 11) is -3.46. The number of benzene rings is 1. The van der Waals surface area contributed by atoms with E-state index in [2.05, 4.69) is 15.0 Å². The molecule has 4 N–H and O–H groups in total. The lowest BCUT2D eigenvalue weighted by Crippen LogP contribution is -2.20. The molecule has 0 bridgehead atoms. The van der Waals surface area contributed by atoms with E-state index in [1.807, 2.05) is 0 Å². The average molecular weight is 349 g/mol. The standard InChI is InChI=1S/C15H15N3O5S/c19-12-7-4-9(8-13(12)20)16-15(21)11-2-1-3-14(17-11)18-24(22,23)10-5-6-10/h1-4,7-8,10,19-20H,5-6H2,(H,16,21)(H,17,18). The Labute approximate surface area is 138 Å². The van der Waals surface area contributed by atoms with Gasteiger partial charge in [0.1, 0.15) is 11.5 Å². The van der Waals surface area contributed by atoms with Gasteiger partial charge in [-0.2, -0.15) is 0 Å². The number of carbonyl (C=O) groups is 1. The van der Waals surface area contributed by atoms with Gasteiger partial charge < -0.3 is 15.5 Å². The third-order valence-corrected chi connectivity index (χ3v) is 5.27.